The lowest BCUT2D eigenvalue weighted by Crippen LogP contribution is -2.29. The Kier molecular flexibility index (Phi) is 6.33. The number of amides is 1. The Labute approximate surface area is 189 Å². The average Bonchev–Trinajstić information content (AvgIpc) is 3.03. The van der Waals surface area contributed by atoms with E-state index in [4.69, 9.17) is 0 Å². The third-order valence-corrected chi connectivity index (χ3v) is 6.33. The third kappa shape index (κ3) is 4.41. The van der Waals surface area contributed by atoms with Gasteiger partial charge in [-0.05, 0) is 67.7 Å². The van der Waals surface area contributed by atoms with Crippen LogP contribution in [-0.2, 0) is 11.3 Å². The standard InChI is InChI=1S/C26H31N3O3/c1-17(2)24(23-21-15-19(26(31)32)9-12-22(21)28(3)25(23)30)27-20-10-7-18(8-11-20)16-29-13-5-4-6-14-29/h7-12,15,17,27H,4-6,13-14,16H2,1-3H3,(H,31,32). The number of hydrogen-bond donors (Lipinski definition) is 2. The van der Waals surface area contributed by atoms with Gasteiger partial charge >= 0.3 is 5.97 Å². The molecule has 2 aromatic rings. The first-order valence-electron chi connectivity index (χ1n) is 11.3. The van der Waals surface area contributed by atoms with Crippen molar-refractivity contribution in [1.29, 1.82) is 0 Å². The van der Waals surface area contributed by atoms with Crippen LogP contribution in [0.5, 0.6) is 0 Å². The van der Waals surface area contributed by atoms with E-state index in [0.29, 0.717) is 11.1 Å². The lowest BCUT2D eigenvalue weighted by atomic mass is 9.97. The fourth-order valence-corrected chi connectivity index (χ4v) is 4.53. The maximum Gasteiger partial charge on any atom is 0.335 e. The molecule has 6 nitrogen and oxygen atoms in total. The number of benzene rings is 2. The van der Waals surface area contributed by atoms with Crippen LogP contribution in [0.3, 0.4) is 0 Å². The minimum absolute atomic E-state index is 0.0508. The molecule has 2 aliphatic rings. The van der Waals surface area contributed by atoms with Gasteiger partial charge in [0, 0.05) is 30.5 Å². The molecule has 2 aliphatic heterocycles. The fourth-order valence-electron chi connectivity index (χ4n) is 4.53. The molecule has 32 heavy (non-hydrogen) atoms. The van der Waals surface area contributed by atoms with Gasteiger partial charge < -0.3 is 15.3 Å². The molecule has 0 radical (unpaired) electrons. The number of fused-ring (bicyclic) bond motifs is 1. The van der Waals surface area contributed by atoms with Crippen LogP contribution < -0.4 is 10.2 Å². The van der Waals surface area contributed by atoms with Gasteiger partial charge in [0.25, 0.3) is 5.91 Å². The zero-order valence-corrected chi connectivity index (χ0v) is 19.0. The van der Waals surface area contributed by atoms with E-state index >= 15 is 0 Å². The van der Waals surface area contributed by atoms with Crippen molar-refractivity contribution in [1.82, 2.24) is 4.90 Å². The maximum absolute atomic E-state index is 13.1. The van der Waals surface area contributed by atoms with Gasteiger partial charge in [-0.15, -0.1) is 0 Å². The van der Waals surface area contributed by atoms with E-state index in [1.807, 2.05) is 13.8 Å². The van der Waals surface area contributed by atoms with Crippen molar-refractivity contribution in [3.05, 3.63) is 64.9 Å². The van der Waals surface area contributed by atoms with Crippen molar-refractivity contribution in [3.8, 4) is 0 Å². The molecular formula is C26H31N3O3. The van der Waals surface area contributed by atoms with Gasteiger partial charge in [0.1, 0.15) is 0 Å². The molecule has 0 unspecified atom stereocenters. The van der Waals surface area contributed by atoms with Crippen LogP contribution in [0.25, 0.3) is 5.57 Å². The minimum atomic E-state index is -1.00. The molecule has 0 aliphatic carbocycles. The van der Waals surface area contributed by atoms with E-state index in [-0.39, 0.29) is 17.4 Å². The maximum atomic E-state index is 13.1. The topological polar surface area (TPSA) is 72.9 Å². The van der Waals surface area contributed by atoms with E-state index in [0.717, 1.165) is 36.7 Å². The predicted molar refractivity (Wildman–Crippen MR) is 128 cm³/mol. The molecule has 6 heteroatoms. The van der Waals surface area contributed by atoms with Crippen molar-refractivity contribution >= 4 is 28.8 Å². The quantitative estimate of drug-likeness (QED) is 0.639. The number of likely N-dealkylation sites (N-methyl/N-ethyl adjacent to an activating group) is 1. The van der Waals surface area contributed by atoms with Gasteiger partial charge in [0.2, 0.25) is 0 Å². The van der Waals surface area contributed by atoms with Crippen LogP contribution in [0.1, 0.15) is 54.6 Å². The van der Waals surface area contributed by atoms with Crippen LogP contribution in [0.4, 0.5) is 11.4 Å². The number of rotatable bonds is 6. The Balaban J connectivity index is 1.63. The SMILES string of the molecule is CC(C)C(Nc1ccc(CN2CCCCC2)cc1)=C1C(=O)N(C)c2ccc(C(=O)O)cc21. The first-order valence-corrected chi connectivity index (χ1v) is 11.3. The van der Waals surface area contributed by atoms with Gasteiger partial charge in [-0.25, -0.2) is 4.79 Å². The highest BCUT2D eigenvalue weighted by atomic mass is 16.4. The summed E-state index contributed by atoms with van der Waals surface area (Å²) in [6.45, 7) is 7.36. The molecule has 2 heterocycles. The number of allylic oxidation sites excluding steroid dienone is 1. The first kappa shape index (κ1) is 22.1. The summed E-state index contributed by atoms with van der Waals surface area (Å²) in [7, 11) is 1.72. The van der Waals surface area contributed by atoms with Crippen molar-refractivity contribution in [2.45, 2.75) is 39.7 Å². The molecule has 1 saturated heterocycles. The van der Waals surface area contributed by atoms with Gasteiger partial charge in [-0.3, -0.25) is 9.69 Å². The summed E-state index contributed by atoms with van der Waals surface area (Å²) in [4.78, 5) is 28.7. The molecular weight excluding hydrogens is 402 g/mol. The Morgan fingerprint density at radius 2 is 1.75 bits per heavy atom. The smallest absolute Gasteiger partial charge is 0.335 e. The molecule has 0 saturated carbocycles. The van der Waals surface area contributed by atoms with Gasteiger partial charge in [0.05, 0.1) is 16.8 Å². The Bertz CT molecular complexity index is 1050. The molecule has 1 amide bonds. The lowest BCUT2D eigenvalue weighted by molar-refractivity contribution is -0.112. The highest BCUT2D eigenvalue weighted by Gasteiger charge is 2.34. The van der Waals surface area contributed by atoms with Crippen LogP contribution in [-0.4, -0.2) is 42.0 Å². The van der Waals surface area contributed by atoms with E-state index < -0.39 is 5.97 Å². The molecule has 0 spiro atoms. The summed E-state index contributed by atoms with van der Waals surface area (Å²) in [5.41, 5.74) is 5.10. The van der Waals surface area contributed by atoms with Crippen molar-refractivity contribution < 1.29 is 14.7 Å². The van der Waals surface area contributed by atoms with E-state index in [9.17, 15) is 14.7 Å². The molecule has 2 N–H and O–H groups in total. The zero-order valence-electron chi connectivity index (χ0n) is 19.0. The molecule has 0 atom stereocenters. The number of carbonyl (C=O) groups excluding carboxylic acids is 1. The number of nitrogens with zero attached hydrogens (tertiary/aromatic N) is 2. The van der Waals surface area contributed by atoms with Crippen LogP contribution in [0.2, 0.25) is 0 Å². The van der Waals surface area contributed by atoms with E-state index in [2.05, 4.69) is 34.5 Å². The number of piperidine rings is 1. The fraction of sp³-hybridized carbons (Fsp3) is 0.385. The molecule has 168 valence electrons. The van der Waals surface area contributed by atoms with Crippen molar-refractivity contribution in [2.75, 3.05) is 30.4 Å². The number of carbonyl (C=O) groups is 2. The van der Waals surface area contributed by atoms with Gasteiger partial charge in [0.15, 0.2) is 0 Å². The van der Waals surface area contributed by atoms with Crippen LogP contribution in [0, 0.1) is 5.92 Å². The Hall–Kier alpha value is -3.12. The number of aromatic carboxylic acids is 1. The summed E-state index contributed by atoms with van der Waals surface area (Å²) < 4.78 is 0. The zero-order chi connectivity index (χ0) is 22.8. The second-order valence-electron chi connectivity index (χ2n) is 9.00. The normalized spacial score (nSPS) is 18.1. The summed E-state index contributed by atoms with van der Waals surface area (Å²) in [5, 5.41) is 12.9. The summed E-state index contributed by atoms with van der Waals surface area (Å²) in [6, 6.07) is 13.2. The molecule has 0 aromatic heterocycles. The van der Waals surface area contributed by atoms with Crippen molar-refractivity contribution in [2.24, 2.45) is 5.92 Å². The minimum Gasteiger partial charge on any atom is -0.478 e. The second kappa shape index (κ2) is 9.17. The van der Waals surface area contributed by atoms with E-state index in [1.54, 1.807) is 24.1 Å². The summed E-state index contributed by atoms with van der Waals surface area (Å²) in [6.07, 6.45) is 3.88. The summed E-state index contributed by atoms with van der Waals surface area (Å²) in [5.74, 6) is -1.08. The first-order chi connectivity index (χ1) is 15.3. The third-order valence-electron chi connectivity index (χ3n) is 6.33. The van der Waals surface area contributed by atoms with Crippen molar-refractivity contribution in [3.63, 3.8) is 0 Å². The number of hydrogen-bond acceptors (Lipinski definition) is 4. The van der Waals surface area contributed by atoms with Gasteiger partial charge in [-0.1, -0.05) is 32.4 Å². The molecule has 4 rings (SSSR count). The van der Waals surface area contributed by atoms with E-state index in [1.165, 1.54) is 30.9 Å². The predicted octanol–water partition coefficient (Wildman–Crippen LogP) is 4.83. The van der Waals surface area contributed by atoms with Crippen LogP contribution in [0.15, 0.2) is 48.2 Å². The lowest BCUT2D eigenvalue weighted by Gasteiger charge is -2.26. The van der Waals surface area contributed by atoms with Crippen LogP contribution >= 0.6 is 0 Å². The molecule has 2 aromatic carbocycles. The number of nitrogens with one attached hydrogen (secondary N) is 1. The number of anilines is 2. The summed E-state index contributed by atoms with van der Waals surface area (Å²) >= 11 is 0. The number of carboxylic acid groups (broad SMARTS) is 1. The number of carboxylic acids is 1. The molecule has 1 fully saturated rings. The molecule has 0 bridgehead atoms. The second-order valence-corrected chi connectivity index (χ2v) is 9.00. The highest BCUT2D eigenvalue weighted by molar-refractivity contribution is 6.33. The monoisotopic (exact) mass is 433 g/mol. The Morgan fingerprint density at radius 3 is 2.38 bits per heavy atom. The van der Waals surface area contributed by atoms with Gasteiger partial charge in [-0.2, -0.15) is 0 Å². The average molecular weight is 434 g/mol. The Morgan fingerprint density at radius 1 is 1.06 bits per heavy atom. The largest absolute Gasteiger partial charge is 0.478 e. The highest BCUT2D eigenvalue weighted by Crippen LogP contribution is 2.40. The number of likely N-dealkylation sites (tertiary alicyclic amines) is 1.